The van der Waals surface area contributed by atoms with Gasteiger partial charge in [0.1, 0.15) is 5.75 Å². The molecule has 0 bridgehead atoms. The molecule has 0 spiro atoms. The van der Waals surface area contributed by atoms with Gasteiger partial charge in [-0.1, -0.05) is 68.4 Å². The fourth-order valence-electron chi connectivity index (χ4n) is 3.72. The minimum atomic E-state index is -0.586. The van der Waals surface area contributed by atoms with Gasteiger partial charge in [-0.05, 0) is 35.3 Å². The Hall–Kier alpha value is -3.73. The number of ketones is 1. The van der Waals surface area contributed by atoms with Crippen molar-refractivity contribution in [3.63, 3.8) is 0 Å². The van der Waals surface area contributed by atoms with Gasteiger partial charge in [-0.25, -0.2) is 0 Å². The molecule has 0 amide bonds. The van der Waals surface area contributed by atoms with Gasteiger partial charge in [-0.15, -0.1) is 0 Å². The molecule has 3 aromatic rings. The highest BCUT2D eigenvalue weighted by Crippen LogP contribution is 2.39. The SMILES string of the molecule is CC(C)c1ccc(/C=C2/C(=O)c3ccccc3OC2c2ccccc2)cc1[N+](=O)[O-]. The number of nitro benzene ring substituents is 1. The molecular formula is C25H21NO4. The number of hydrogen-bond donors (Lipinski definition) is 0. The van der Waals surface area contributed by atoms with Crippen molar-refractivity contribution in [2.45, 2.75) is 25.9 Å². The van der Waals surface area contributed by atoms with E-state index in [4.69, 9.17) is 4.74 Å². The zero-order valence-electron chi connectivity index (χ0n) is 16.7. The lowest BCUT2D eigenvalue weighted by atomic mass is 9.89. The highest BCUT2D eigenvalue weighted by atomic mass is 16.6. The maximum atomic E-state index is 13.3. The van der Waals surface area contributed by atoms with E-state index in [-0.39, 0.29) is 22.3 Å². The predicted octanol–water partition coefficient (Wildman–Crippen LogP) is 6.12. The van der Waals surface area contributed by atoms with E-state index in [1.54, 1.807) is 30.3 Å². The first-order chi connectivity index (χ1) is 14.5. The molecule has 1 aliphatic rings. The minimum Gasteiger partial charge on any atom is -0.480 e. The molecule has 5 nitrogen and oxygen atoms in total. The molecule has 1 aliphatic heterocycles. The van der Waals surface area contributed by atoms with E-state index in [0.29, 0.717) is 28.0 Å². The lowest BCUT2D eigenvalue weighted by Gasteiger charge is -2.28. The molecule has 0 saturated heterocycles. The van der Waals surface area contributed by atoms with Crippen molar-refractivity contribution in [2.75, 3.05) is 0 Å². The van der Waals surface area contributed by atoms with E-state index >= 15 is 0 Å². The first kappa shape index (κ1) is 19.6. The van der Waals surface area contributed by atoms with E-state index < -0.39 is 6.10 Å². The van der Waals surface area contributed by atoms with E-state index in [2.05, 4.69) is 0 Å². The molecule has 0 aliphatic carbocycles. The van der Waals surface area contributed by atoms with Crippen LogP contribution in [-0.2, 0) is 0 Å². The molecule has 0 radical (unpaired) electrons. The van der Waals surface area contributed by atoms with Crippen LogP contribution in [0.25, 0.3) is 6.08 Å². The monoisotopic (exact) mass is 399 g/mol. The van der Waals surface area contributed by atoms with Gasteiger partial charge < -0.3 is 4.74 Å². The zero-order valence-corrected chi connectivity index (χ0v) is 16.7. The number of hydrogen-bond acceptors (Lipinski definition) is 4. The third-order valence-corrected chi connectivity index (χ3v) is 5.22. The van der Waals surface area contributed by atoms with Gasteiger partial charge in [-0.3, -0.25) is 14.9 Å². The number of benzene rings is 3. The van der Waals surface area contributed by atoms with Crippen molar-refractivity contribution >= 4 is 17.5 Å². The number of carbonyl (C=O) groups is 1. The second-order valence-corrected chi connectivity index (χ2v) is 7.56. The Morgan fingerprint density at radius 3 is 2.40 bits per heavy atom. The summed E-state index contributed by atoms with van der Waals surface area (Å²) >= 11 is 0. The topological polar surface area (TPSA) is 69.4 Å². The summed E-state index contributed by atoms with van der Waals surface area (Å²) < 4.78 is 6.19. The number of ether oxygens (including phenoxy) is 1. The maximum absolute atomic E-state index is 13.3. The van der Waals surface area contributed by atoms with Gasteiger partial charge in [0.2, 0.25) is 0 Å². The Balaban J connectivity index is 1.86. The summed E-state index contributed by atoms with van der Waals surface area (Å²) in [5.41, 5.74) is 3.10. The summed E-state index contributed by atoms with van der Waals surface area (Å²) in [5, 5.41) is 11.6. The molecule has 0 saturated carbocycles. The number of rotatable bonds is 4. The highest BCUT2D eigenvalue weighted by Gasteiger charge is 2.32. The van der Waals surface area contributed by atoms with Crippen LogP contribution in [-0.4, -0.2) is 10.7 Å². The van der Waals surface area contributed by atoms with Crippen LogP contribution in [0.5, 0.6) is 5.75 Å². The zero-order chi connectivity index (χ0) is 21.3. The van der Waals surface area contributed by atoms with Crippen LogP contribution in [0.15, 0.2) is 78.4 Å². The molecule has 0 fully saturated rings. The number of nitro groups is 1. The van der Waals surface area contributed by atoms with Crippen molar-refractivity contribution in [2.24, 2.45) is 0 Å². The van der Waals surface area contributed by atoms with Crippen molar-refractivity contribution in [3.05, 3.63) is 111 Å². The molecule has 5 heteroatoms. The molecule has 150 valence electrons. The van der Waals surface area contributed by atoms with Crippen LogP contribution < -0.4 is 4.74 Å². The van der Waals surface area contributed by atoms with Crippen LogP contribution in [0.4, 0.5) is 5.69 Å². The van der Waals surface area contributed by atoms with Gasteiger partial charge in [0.05, 0.1) is 10.5 Å². The highest BCUT2D eigenvalue weighted by molar-refractivity contribution is 6.14. The standard InChI is InChI=1S/C25H21NO4/c1-16(2)19-13-12-17(15-22(19)26(28)29)14-21-24(27)20-10-6-7-11-23(20)30-25(21)18-8-4-3-5-9-18/h3-16,25H,1-2H3/b21-14-. The molecule has 1 heterocycles. The summed E-state index contributed by atoms with van der Waals surface area (Å²) in [6.45, 7) is 3.84. The first-order valence-corrected chi connectivity index (χ1v) is 9.81. The van der Waals surface area contributed by atoms with Crippen molar-refractivity contribution in [1.29, 1.82) is 0 Å². The van der Waals surface area contributed by atoms with E-state index in [9.17, 15) is 14.9 Å². The van der Waals surface area contributed by atoms with E-state index in [1.165, 1.54) is 6.07 Å². The number of carbonyl (C=O) groups excluding carboxylic acids is 1. The van der Waals surface area contributed by atoms with Crippen LogP contribution in [0, 0.1) is 10.1 Å². The van der Waals surface area contributed by atoms with Gasteiger partial charge in [-0.2, -0.15) is 0 Å². The predicted molar refractivity (Wildman–Crippen MR) is 116 cm³/mol. The summed E-state index contributed by atoms with van der Waals surface area (Å²) in [5.74, 6) is 0.423. The summed E-state index contributed by atoms with van der Waals surface area (Å²) in [6.07, 6.45) is 1.12. The molecule has 1 atom stereocenters. The molecule has 0 aromatic heterocycles. The van der Waals surface area contributed by atoms with Crippen LogP contribution >= 0.6 is 0 Å². The van der Waals surface area contributed by atoms with Gasteiger partial charge in [0.15, 0.2) is 11.9 Å². The largest absolute Gasteiger partial charge is 0.480 e. The third kappa shape index (κ3) is 3.62. The van der Waals surface area contributed by atoms with Crippen LogP contribution in [0.2, 0.25) is 0 Å². The molecule has 0 N–H and O–H groups in total. The average molecular weight is 399 g/mol. The minimum absolute atomic E-state index is 0.0238. The second-order valence-electron chi connectivity index (χ2n) is 7.56. The summed E-state index contributed by atoms with van der Waals surface area (Å²) in [6, 6.07) is 21.7. The Labute approximate surface area is 174 Å². The van der Waals surface area contributed by atoms with Crippen molar-refractivity contribution < 1.29 is 14.5 Å². The van der Waals surface area contributed by atoms with Crippen LogP contribution in [0.1, 0.15) is 52.9 Å². The number of fused-ring (bicyclic) bond motifs is 1. The Morgan fingerprint density at radius 1 is 1.00 bits per heavy atom. The normalized spacial score (nSPS) is 17.0. The van der Waals surface area contributed by atoms with Gasteiger partial charge in [0, 0.05) is 17.2 Å². The number of nitrogens with zero attached hydrogens (tertiary/aromatic N) is 1. The number of para-hydroxylation sites is 1. The smallest absolute Gasteiger partial charge is 0.273 e. The first-order valence-electron chi connectivity index (χ1n) is 9.81. The third-order valence-electron chi connectivity index (χ3n) is 5.22. The summed E-state index contributed by atoms with van der Waals surface area (Å²) in [7, 11) is 0. The fourth-order valence-corrected chi connectivity index (χ4v) is 3.72. The Kier molecular flexibility index (Phi) is 5.19. The van der Waals surface area contributed by atoms with E-state index in [1.807, 2.05) is 56.3 Å². The molecular weight excluding hydrogens is 378 g/mol. The van der Waals surface area contributed by atoms with Crippen molar-refractivity contribution in [1.82, 2.24) is 0 Å². The lowest BCUT2D eigenvalue weighted by Crippen LogP contribution is -2.23. The molecule has 30 heavy (non-hydrogen) atoms. The maximum Gasteiger partial charge on any atom is 0.273 e. The fraction of sp³-hybridized carbons (Fsp3) is 0.160. The van der Waals surface area contributed by atoms with Crippen LogP contribution in [0.3, 0.4) is 0 Å². The molecule has 3 aromatic carbocycles. The van der Waals surface area contributed by atoms with Crippen molar-refractivity contribution in [3.8, 4) is 5.75 Å². The van der Waals surface area contributed by atoms with Gasteiger partial charge >= 0.3 is 0 Å². The molecule has 1 unspecified atom stereocenters. The molecule has 4 rings (SSSR count). The summed E-state index contributed by atoms with van der Waals surface area (Å²) in [4.78, 5) is 24.5. The van der Waals surface area contributed by atoms with Gasteiger partial charge in [0.25, 0.3) is 5.69 Å². The Bertz CT molecular complexity index is 1150. The Morgan fingerprint density at radius 2 is 1.70 bits per heavy atom. The van der Waals surface area contributed by atoms with E-state index in [0.717, 1.165) is 5.56 Å². The average Bonchev–Trinajstić information content (AvgIpc) is 2.76. The second kappa shape index (κ2) is 7.95. The number of Topliss-reactive ketones (excluding diaryl/α,β-unsaturated/α-hetero) is 1. The lowest BCUT2D eigenvalue weighted by molar-refractivity contribution is -0.385. The quantitative estimate of drug-likeness (QED) is 0.301.